The smallest absolute Gasteiger partial charge is 0.222 e. The Bertz CT molecular complexity index is 473. The Morgan fingerprint density at radius 3 is 2.43 bits per heavy atom. The predicted octanol–water partition coefficient (Wildman–Crippen LogP) is 1.84. The average molecular weight is 322 g/mol. The molecule has 6 nitrogen and oxygen atoms in total. The molecule has 0 bridgehead atoms. The van der Waals surface area contributed by atoms with Gasteiger partial charge in [-0.05, 0) is 33.2 Å². The number of oxazole rings is 1. The zero-order chi connectivity index (χ0) is 16.7. The lowest BCUT2D eigenvalue weighted by Crippen LogP contribution is -2.48. The fourth-order valence-electron chi connectivity index (χ4n) is 2.89. The van der Waals surface area contributed by atoms with Crippen molar-refractivity contribution in [1.29, 1.82) is 0 Å². The summed E-state index contributed by atoms with van der Waals surface area (Å²) in [6.07, 6.45) is 4.95. The van der Waals surface area contributed by atoms with E-state index >= 15 is 0 Å². The molecule has 2 N–H and O–H groups in total. The van der Waals surface area contributed by atoms with Crippen molar-refractivity contribution in [3.05, 3.63) is 17.3 Å². The van der Waals surface area contributed by atoms with Crippen LogP contribution in [-0.2, 0) is 11.3 Å². The van der Waals surface area contributed by atoms with E-state index in [-0.39, 0.29) is 0 Å². The molecule has 0 aliphatic carbocycles. The minimum atomic E-state index is 0.292. The molecule has 23 heavy (non-hydrogen) atoms. The standard InChI is InChI=1S/C17H30N4O2/c1-14-15(2)23-16(19-14)13-20-9-11-21(12-10-20)17(22)7-5-3-4-6-8-18/h3-13,18H2,1-2H3. The SMILES string of the molecule is Cc1nc(CN2CCN(C(=O)CCCCCCN)CC2)oc1C. The first-order valence-electron chi connectivity index (χ1n) is 8.73. The molecule has 1 aliphatic heterocycles. The minimum absolute atomic E-state index is 0.292. The van der Waals surface area contributed by atoms with Gasteiger partial charge in [-0.25, -0.2) is 4.98 Å². The monoisotopic (exact) mass is 322 g/mol. The Morgan fingerprint density at radius 1 is 1.13 bits per heavy atom. The lowest BCUT2D eigenvalue weighted by atomic mass is 10.1. The van der Waals surface area contributed by atoms with Gasteiger partial charge < -0.3 is 15.1 Å². The highest BCUT2D eigenvalue weighted by molar-refractivity contribution is 5.76. The number of carbonyl (C=O) groups excluding carboxylic acids is 1. The summed E-state index contributed by atoms with van der Waals surface area (Å²) in [4.78, 5) is 20.9. The topological polar surface area (TPSA) is 75.6 Å². The van der Waals surface area contributed by atoms with E-state index in [4.69, 9.17) is 10.2 Å². The number of aromatic nitrogens is 1. The van der Waals surface area contributed by atoms with Gasteiger partial charge in [0.15, 0.2) is 0 Å². The molecule has 1 saturated heterocycles. The van der Waals surface area contributed by atoms with E-state index < -0.39 is 0 Å². The predicted molar refractivity (Wildman–Crippen MR) is 90.0 cm³/mol. The number of unbranched alkanes of at least 4 members (excludes halogenated alkanes) is 3. The van der Waals surface area contributed by atoms with Crippen LogP contribution in [0.1, 0.15) is 49.4 Å². The van der Waals surface area contributed by atoms with Crippen molar-refractivity contribution in [3.8, 4) is 0 Å². The Labute approximate surface area is 139 Å². The maximum Gasteiger partial charge on any atom is 0.222 e. The number of carbonyl (C=O) groups is 1. The number of aryl methyl sites for hydroxylation is 2. The summed E-state index contributed by atoms with van der Waals surface area (Å²) in [7, 11) is 0. The minimum Gasteiger partial charge on any atom is -0.444 e. The summed E-state index contributed by atoms with van der Waals surface area (Å²) < 4.78 is 5.63. The van der Waals surface area contributed by atoms with Gasteiger partial charge >= 0.3 is 0 Å². The zero-order valence-electron chi connectivity index (χ0n) is 14.5. The Kier molecular flexibility index (Phi) is 7.05. The van der Waals surface area contributed by atoms with Crippen LogP contribution in [0.25, 0.3) is 0 Å². The molecule has 1 fully saturated rings. The first-order valence-corrected chi connectivity index (χ1v) is 8.73. The van der Waals surface area contributed by atoms with E-state index in [1.807, 2.05) is 18.7 Å². The van der Waals surface area contributed by atoms with Crippen molar-refractivity contribution < 1.29 is 9.21 Å². The van der Waals surface area contributed by atoms with Crippen LogP contribution >= 0.6 is 0 Å². The average Bonchev–Trinajstić information content (AvgIpc) is 2.85. The molecule has 1 aromatic heterocycles. The fraction of sp³-hybridized carbons (Fsp3) is 0.765. The number of rotatable bonds is 8. The quantitative estimate of drug-likeness (QED) is 0.739. The highest BCUT2D eigenvalue weighted by Gasteiger charge is 2.22. The molecule has 0 saturated carbocycles. The summed E-state index contributed by atoms with van der Waals surface area (Å²) in [6.45, 7) is 8.77. The Hall–Kier alpha value is -1.40. The van der Waals surface area contributed by atoms with Crippen LogP contribution in [0.2, 0.25) is 0 Å². The molecule has 0 unspecified atom stereocenters. The third-order valence-corrected chi connectivity index (χ3v) is 4.50. The van der Waals surface area contributed by atoms with Gasteiger partial charge in [-0.1, -0.05) is 12.8 Å². The summed E-state index contributed by atoms with van der Waals surface area (Å²) in [6, 6.07) is 0. The molecule has 0 aromatic carbocycles. The van der Waals surface area contributed by atoms with Crippen LogP contribution in [0.5, 0.6) is 0 Å². The number of piperazine rings is 1. The second kappa shape index (κ2) is 9.03. The molecule has 2 rings (SSSR count). The van der Waals surface area contributed by atoms with Gasteiger partial charge in [0.05, 0.1) is 12.2 Å². The van der Waals surface area contributed by atoms with Gasteiger partial charge in [0.1, 0.15) is 5.76 Å². The van der Waals surface area contributed by atoms with Crippen molar-refractivity contribution in [2.75, 3.05) is 32.7 Å². The molecule has 6 heteroatoms. The molecule has 130 valence electrons. The Morgan fingerprint density at radius 2 is 1.83 bits per heavy atom. The molecule has 1 aliphatic rings. The van der Waals surface area contributed by atoms with E-state index in [1.54, 1.807) is 0 Å². The van der Waals surface area contributed by atoms with E-state index in [9.17, 15) is 4.79 Å². The first-order chi connectivity index (χ1) is 11.1. The van der Waals surface area contributed by atoms with Crippen molar-refractivity contribution in [2.24, 2.45) is 5.73 Å². The van der Waals surface area contributed by atoms with Crippen LogP contribution in [0.15, 0.2) is 4.42 Å². The maximum atomic E-state index is 12.2. The van der Waals surface area contributed by atoms with Crippen LogP contribution in [0, 0.1) is 13.8 Å². The molecule has 1 amide bonds. The van der Waals surface area contributed by atoms with Crippen molar-refractivity contribution in [2.45, 2.75) is 52.5 Å². The molecule has 1 aromatic rings. The third-order valence-electron chi connectivity index (χ3n) is 4.50. The highest BCUT2D eigenvalue weighted by atomic mass is 16.4. The summed E-state index contributed by atoms with van der Waals surface area (Å²) in [5.74, 6) is 1.96. The van der Waals surface area contributed by atoms with Crippen molar-refractivity contribution in [1.82, 2.24) is 14.8 Å². The largest absolute Gasteiger partial charge is 0.444 e. The number of amides is 1. The van der Waals surface area contributed by atoms with E-state index in [1.165, 1.54) is 0 Å². The normalized spacial score (nSPS) is 16.0. The van der Waals surface area contributed by atoms with E-state index in [0.717, 1.165) is 82.3 Å². The summed E-state index contributed by atoms with van der Waals surface area (Å²) in [5, 5.41) is 0. The van der Waals surface area contributed by atoms with Crippen LogP contribution in [-0.4, -0.2) is 53.4 Å². The highest BCUT2D eigenvalue weighted by Crippen LogP contribution is 2.13. The van der Waals surface area contributed by atoms with Gasteiger partial charge in [-0.2, -0.15) is 0 Å². The molecular weight excluding hydrogens is 292 g/mol. The molecular formula is C17H30N4O2. The second-order valence-electron chi connectivity index (χ2n) is 6.36. The maximum absolute atomic E-state index is 12.2. The Balaban J connectivity index is 1.66. The van der Waals surface area contributed by atoms with E-state index in [0.29, 0.717) is 12.3 Å². The number of nitrogens with two attached hydrogens (primary N) is 1. The third kappa shape index (κ3) is 5.62. The molecule has 2 heterocycles. The lowest BCUT2D eigenvalue weighted by molar-refractivity contribution is -0.133. The van der Waals surface area contributed by atoms with E-state index in [2.05, 4.69) is 9.88 Å². The lowest BCUT2D eigenvalue weighted by Gasteiger charge is -2.34. The van der Waals surface area contributed by atoms with Crippen molar-refractivity contribution >= 4 is 5.91 Å². The van der Waals surface area contributed by atoms with Gasteiger partial charge in [-0.15, -0.1) is 0 Å². The van der Waals surface area contributed by atoms with Gasteiger partial charge in [0.2, 0.25) is 11.8 Å². The molecule has 0 spiro atoms. The van der Waals surface area contributed by atoms with Gasteiger partial charge in [-0.3, -0.25) is 9.69 Å². The fourth-order valence-corrected chi connectivity index (χ4v) is 2.89. The van der Waals surface area contributed by atoms with Gasteiger partial charge in [0.25, 0.3) is 0 Å². The second-order valence-corrected chi connectivity index (χ2v) is 6.36. The van der Waals surface area contributed by atoms with Crippen LogP contribution < -0.4 is 5.73 Å². The van der Waals surface area contributed by atoms with Crippen LogP contribution in [0.3, 0.4) is 0 Å². The molecule has 0 radical (unpaired) electrons. The first kappa shape index (κ1) is 17.9. The summed E-state index contributed by atoms with van der Waals surface area (Å²) >= 11 is 0. The molecule has 0 atom stereocenters. The van der Waals surface area contributed by atoms with Crippen LogP contribution in [0.4, 0.5) is 0 Å². The van der Waals surface area contributed by atoms with Gasteiger partial charge in [0, 0.05) is 32.6 Å². The number of hydrogen-bond acceptors (Lipinski definition) is 5. The zero-order valence-corrected chi connectivity index (χ0v) is 14.5. The number of nitrogens with zero attached hydrogens (tertiary/aromatic N) is 3. The summed E-state index contributed by atoms with van der Waals surface area (Å²) in [5.41, 5.74) is 6.44. The number of hydrogen-bond donors (Lipinski definition) is 1. The van der Waals surface area contributed by atoms with Crippen molar-refractivity contribution in [3.63, 3.8) is 0 Å².